The lowest BCUT2D eigenvalue weighted by Gasteiger charge is -2.14. The van der Waals surface area contributed by atoms with Gasteiger partial charge in [0, 0.05) is 12.2 Å². The van der Waals surface area contributed by atoms with E-state index in [0.717, 1.165) is 11.1 Å². The molecule has 0 fully saturated rings. The number of ether oxygens (including phenoxy) is 2. The predicted octanol–water partition coefficient (Wildman–Crippen LogP) is 3.92. The molecule has 0 aromatic heterocycles. The highest BCUT2D eigenvalue weighted by molar-refractivity contribution is 14.1. The molecule has 3 rings (SSSR count). The first-order chi connectivity index (χ1) is 18.2. The van der Waals surface area contributed by atoms with E-state index >= 15 is 0 Å². The van der Waals surface area contributed by atoms with Crippen LogP contribution in [0.3, 0.4) is 0 Å². The highest BCUT2D eigenvalue weighted by Crippen LogP contribution is 2.34. The number of aryl methyl sites for hydroxylation is 1. The number of anilines is 1. The third kappa shape index (κ3) is 8.83. The van der Waals surface area contributed by atoms with E-state index in [2.05, 4.69) is 21.2 Å². The Balaban J connectivity index is 1.56. The van der Waals surface area contributed by atoms with E-state index in [1.54, 1.807) is 19.1 Å². The molecule has 3 aromatic carbocycles. The minimum Gasteiger partial charge on any atom is -0.490 e. The molecule has 3 amide bonds. The van der Waals surface area contributed by atoms with E-state index in [1.807, 2.05) is 53.8 Å². The van der Waals surface area contributed by atoms with E-state index in [-0.39, 0.29) is 13.2 Å². The monoisotopic (exact) mass is 632 g/mol. The molecule has 0 bridgehead atoms. The van der Waals surface area contributed by atoms with Crippen LogP contribution in [0, 0.1) is 16.3 Å². The van der Waals surface area contributed by atoms with Crippen LogP contribution in [-0.4, -0.2) is 37.1 Å². The fourth-order valence-electron chi connectivity index (χ4n) is 3.12. The third-order valence-electron chi connectivity index (χ3n) is 4.97. The first-order valence-corrected chi connectivity index (χ1v) is 12.6. The minimum atomic E-state index is -0.903. The number of halogens is 2. The molecule has 198 valence electrons. The third-order valence-corrected chi connectivity index (χ3v) is 5.77. The molecule has 0 heterocycles. The maximum absolute atomic E-state index is 13.0. The molecular formula is C27H26FIN4O5. The summed E-state index contributed by atoms with van der Waals surface area (Å²) in [4.78, 5) is 36.3. The summed E-state index contributed by atoms with van der Waals surface area (Å²) in [5.74, 6) is -1.81. The molecule has 3 aromatic rings. The smallest absolute Gasteiger partial charge is 0.329 e. The molecule has 9 nitrogen and oxygen atoms in total. The molecule has 0 aliphatic heterocycles. The number of nitrogens with zero attached hydrogens (tertiary/aromatic N) is 1. The Morgan fingerprint density at radius 2 is 1.71 bits per heavy atom. The van der Waals surface area contributed by atoms with Crippen LogP contribution in [0.4, 0.5) is 10.1 Å². The van der Waals surface area contributed by atoms with Gasteiger partial charge in [0.25, 0.3) is 5.91 Å². The van der Waals surface area contributed by atoms with Gasteiger partial charge < -0.3 is 20.1 Å². The summed E-state index contributed by atoms with van der Waals surface area (Å²) < 4.78 is 25.0. The fourth-order valence-corrected chi connectivity index (χ4v) is 3.90. The van der Waals surface area contributed by atoms with Crippen molar-refractivity contribution in [2.24, 2.45) is 5.10 Å². The average molecular weight is 632 g/mol. The Morgan fingerprint density at radius 1 is 1.00 bits per heavy atom. The largest absolute Gasteiger partial charge is 0.490 e. The van der Waals surface area contributed by atoms with Crippen molar-refractivity contribution in [1.29, 1.82) is 0 Å². The second-order valence-corrected chi connectivity index (χ2v) is 9.14. The van der Waals surface area contributed by atoms with Crippen LogP contribution in [-0.2, 0) is 20.9 Å². The fraction of sp³-hybridized carbons (Fsp3) is 0.185. The Bertz CT molecular complexity index is 1310. The zero-order chi connectivity index (χ0) is 27.5. The van der Waals surface area contributed by atoms with Crippen LogP contribution in [0.1, 0.15) is 23.6 Å². The van der Waals surface area contributed by atoms with E-state index in [0.29, 0.717) is 32.9 Å². The standard InChI is InChI=1S/C27H26FIN4O5/c1-3-37-23-13-19(15-31-33-27(36)26(35)30-14-18-6-4-17(2)5-7-18)12-22(29)25(23)38-16-24(34)32-21-10-8-20(28)9-11-21/h4-13,15H,3,14,16H2,1-2H3,(H,30,35)(H,32,34)(H,33,36)/b31-15-. The number of benzene rings is 3. The van der Waals surface area contributed by atoms with Crippen molar-refractivity contribution >= 4 is 52.2 Å². The molecule has 3 N–H and O–H groups in total. The molecule has 0 aliphatic rings. The first-order valence-electron chi connectivity index (χ1n) is 11.6. The summed E-state index contributed by atoms with van der Waals surface area (Å²) in [6.07, 6.45) is 1.36. The van der Waals surface area contributed by atoms with Crippen LogP contribution in [0.25, 0.3) is 0 Å². The minimum absolute atomic E-state index is 0.218. The first kappa shape index (κ1) is 28.6. The Morgan fingerprint density at radius 3 is 2.39 bits per heavy atom. The molecule has 0 unspecified atom stereocenters. The van der Waals surface area contributed by atoms with Gasteiger partial charge >= 0.3 is 11.8 Å². The van der Waals surface area contributed by atoms with Gasteiger partial charge in [0.1, 0.15) is 5.82 Å². The molecule has 38 heavy (non-hydrogen) atoms. The number of hydrogen-bond donors (Lipinski definition) is 3. The van der Waals surface area contributed by atoms with Crippen molar-refractivity contribution in [2.45, 2.75) is 20.4 Å². The van der Waals surface area contributed by atoms with Gasteiger partial charge in [-0.3, -0.25) is 14.4 Å². The molecule has 11 heteroatoms. The lowest BCUT2D eigenvalue weighted by molar-refractivity contribution is -0.139. The summed E-state index contributed by atoms with van der Waals surface area (Å²) in [6.45, 7) is 4.02. The van der Waals surface area contributed by atoms with E-state index in [4.69, 9.17) is 9.47 Å². The van der Waals surface area contributed by atoms with Crippen LogP contribution < -0.4 is 25.5 Å². The second-order valence-electron chi connectivity index (χ2n) is 7.97. The zero-order valence-corrected chi connectivity index (χ0v) is 22.9. The number of nitrogens with one attached hydrogen (secondary N) is 3. The van der Waals surface area contributed by atoms with Gasteiger partial charge in [-0.1, -0.05) is 29.8 Å². The van der Waals surface area contributed by atoms with Crippen LogP contribution in [0.5, 0.6) is 11.5 Å². The number of hydrazone groups is 1. The van der Waals surface area contributed by atoms with Crippen molar-refractivity contribution in [3.8, 4) is 11.5 Å². The number of hydrogen-bond acceptors (Lipinski definition) is 6. The zero-order valence-electron chi connectivity index (χ0n) is 20.7. The quantitative estimate of drug-likeness (QED) is 0.136. The Labute approximate surface area is 232 Å². The average Bonchev–Trinajstić information content (AvgIpc) is 2.89. The van der Waals surface area contributed by atoms with Gasteiger partial charge in [0.2, 0.25) is 0 Å². The van der Waals surface area contributed by atoms with Crippen molar-refractivity contribution in [2.75, 3.05) is 18.5 Å². The summed E-state index contributed by atoms with van der Waals surface area (Å²) in [5, 5.41) is 9.01. The molecule has 0 radical (unpaired) electrons. The topological polar surface area (TPSA) is 118 Å². The van der Waals surface area contributed by atoms with Crippen LogP contribution in [0.2, 0.25) is 0 Å². The summed E-state index contributed by atoms with van der Waals surface area (Å²) in [6, 6.07) is 16.3. The molecule has 0 saturated carbocycles. The summed E-state index contributed by atoms with van der Waals surface area (Å²) in [7, 11) is 0. The van der Waals surface area contributed by atoms with Gasteiger partial charge in [-0.25, -0.2) is 9.82 Å². The number of carbonyl (C=O) groups is 3. The number of carbonyl (C=O) groups excluding carboxylic acids is 3. The number of rotatable bonds is 10. The second kappa shape index (κ2) is 14.1. The van der Waals surface area contributed by atoms with E-state index in [9.17, 15) is 18.8 Å². The van der Waals surface area contributed by atoms with Gasteiger partial charge in [-0.15, -0.1) is 0 Å². The normalized spacial score (nSPS) is 10.6. The maximum Gasteiger partial charge on any atom is 0.329 e. The SMILES string of the molecule is CCOc1cc(/C=N\NC(=O)C(=O)NCc2ccc(C)cc2)cc(I)c1OCC(=O)Nc1ccc(F)cc1. The van der Waals surface area contributed by atoms with Gasteiger partial charge in [-0.05, 0) is 84.0 Å². The van der Waals surface area contributed by atoms with Crippen molar-refractivity contribution in [3.05, 3.63) is 86.7 Å². The summed E-state index contributed by atoms with van der Waals surface area (Å²) in [5.41, 5.74) is 5.18. The Hall–Kier alpha value is -4.00. The van der Waals surface area contributed by atoms with Gasteiger partial charge in [0.15, 0.2) is 18.1 Å². The van der Waals surface area contributed by atoms with Crippen molar-refractivity contribution < 1.29 is 28.2 Å². The van der Waals surface area contributed by atoms with Gasteiger partial charge in [0.05, 0.1) is 16.4 Å². The maximum atomic E-state index is 13.0. The molecule has 0 aliphatic carbocycles. The van der Waals surface area contributed by atoms with E-state index < -0.39 is 23.5 Å². The van der Waals surface area contributed by atoms with Crippen LogP contribution >= 0.6 is 22.6 Å². The highest BCUT2D eigenvalue weighted by atomic mass is 127. The number of amides is 3. The lowest BCUT2D eigenvalue weighted by Crippen LogP contribution is -2.37. The van der Waals surface area contributed by atoms with Crippen molar-refractivity contribution in [1.82, 2.24) is 10.7 Å². The molecular weight excluding hydrogens is 606 g/mol. The van der Waals surface area contributed by atoms with E-state index in [1.165, 1.54) is 30.5 Å². The predicted molar refractivity (Wildman–Crippen MR) is 150 cm³/mol. The molecule has 0 spiro atoms. The van der Waals surface area contributed by atoms with Gasteiger partial charge in [-0.2, -0.15) is 5.10 Å². The van der Waals surface area contributed by atoms with Crippen LogP contribution in [0.15, 0.2) is 65.8 Å². The Kier molecular flexibility index (Phi) is 10.6. The molecule has 0 atom stereocenters. The van der Waals surface area contributed by atoms with Crippen molar-refractivity contribution in [3.63, 3.8) is 0 Å². The highest BCUT2D eigenvalue weighted by Gasteiger charge is 2.15. The lowest BCUT2D eigenvalue weighted by atomic mass is 10.1. The molecule has 0 saturated heterocycles. The summed E-state index contributed by atoms with van der Waals surface area (Å²) >= 11 is 2.03.